The van der Waals surface area contributed by atoms with Gasteiger partial charge in [0.1, 0.15) is 10.5 Å². The van der Waals surface area contributed by atoms with E-state index in [1.54, 1.807) is 61.5 Å². The molecule has 3 aromatic rings. The maximum atomic E-state index is 13.4. The van der Waals surface area contributed by atoms with Gasteiger partial charge in [0.2, 0.25) is 0 Å². The summed E-state index contributed by atoms with van der Waals surface area (Å²) in [5, 5.41) is 1.04. The fourth-order valence-corrected chi connectivity index (χ4v) is 5.28. The van der Waals surface area contributed by atoms with Gasteiger partial charge in [-0.3, -0.25) is 9.36 Å². The molecule has 2 heterocycles. The molecule has 7 nitrogen and oxygen atoms in total. The lowest BCUT2D eigenvalue weighted by atomic mass is 9.83. The van der Waals surface area contributed by atoms with Crippen molar-refractivity contribution in [1.29, 1.82) is 0 Å². The largest absolute Gasteiger partial charge is 0.466 e. The van der Waals surface area contributed by atoms with Crippen molar-refractivity contribution in [2.75, 3.05) is 13.7 Å². The average Bonchev–Trinajstić information content (AvgIpc) is 3.16. The summed E-state index contributed by atoms with van der Waals surface area (Å²) in [6, 6.07) is 13.6. The van der Waals surface area contributed by atoms with Gasteiger partial charge in [0, 0.05) is 10.0 Å². The Morgan fingerprint density at radius 2 is 1.63 bits per heavy atom. The molecule has 1 aliphatic heterocycles. The number of ether oxygens (including phenoxy) is 2. The van der Waals surface area contributed by atoms with E-state index in [1.165, 1.54) is 7.11 Å². The molecule has 4 rings (SSSR count). The molecule has 0 spiro atoms. The summed E-state index contributed by atoms with van der Waals surface area (Å²) in [6.45, 7) is 1.77. The molecule has 0 amide bonds. The van der Waals surface area contributed by atoms with Gasteiger partial charge in [0.25, 0.3) is 5.56 Å². The summed E-state index contributed by atoms with van der Waals surface area (Å²) >= 11 is 13.1. The molecule has 10 heteroatoms. The Hall–Kier alpha value is -3.33. The number of methoxy groups -OCH3 is 1. The van der Waals surface area contributed by atoms with Crippen LogP contribution in [0.5, 0.6) is 0 Å². The van der Waals surface area contributed by atoms with E-state index in [0.717, 1.165) is 21.5 Å². The number of carbonyl (C=O) groups excluding carboxylic acids is 2. The van der Waals surface area contributed by atoms with E-state index in [2.05, 4.69) is 0 Å². The summed E-state index contributed by atoms with van der Waals surface area (Å²) in [6.07, 6.45) is 1.67. The van der Waals surface area contributed by atoms with Crippen molar-refractivity contribution in [2.45, 2.75) is 12.8 Å². The summed E-state index contributed by atoms with van der Waals surface area (Å²) in [7, 11) is 1.21. The van der Waals surface area contributed by atoms with Gasteiger partial charge in [-0.05, 0) is 48.4 Å². The Morgan fingerprint density at radius 3 is 2.20 bits per heavy atom. The van der Waals surface area contributed by atoms with Crippen LogP contribution in [0.1, 0.15) is 24.0 Å². The minimum Gasteiger partial charge on any atom is -0.466 e. The number of nitrogens with zero attached hydrogens (tertiary/aromatic N) is 1. The number of hydrogen-bond acceptors (Lipinski definition) is 7. The number of rotatable bonds is 5. The number of nitrogens with two attached hydrogens (primary N) is 1. The summed E-state index contributed by atoms with van der Waals surface area (Å²) in [4.78, 5) is 39.6. The zero-order valence-electron chi connectivity index (χ0n) is 18.7. The minimum absolute atomic E-state index is 0.0386. The molecule has 1 aliphatic rings. The Labute approximate surface area is 214 Å². The molecule has 2 aromatic carbocycles. The van der Waals surface area contributed by atoms with Crippen LogP contribution in [0.3, 0.4) is 0 Å². The predicted octanol–water partition coefficient (Wildman–Crippen LogP) is 2.86. The summed E-state index contributed by atoms with van der Waals surface area (Å²) < 4.78 is 12.1. The lowest BCUT2D eigenvalue weighted by molar-refractivity contribution is -0.136. The van der Waals surface area contributed by atoms with Crippen LogP contribution in [0.4, 0.5) is 0 Å². The van der Waals surface area contributed by atoms with Crippen molar-refractivity contribution in [3.8, 4) is 0 Å². The summed E-state index contributed by atoms with van der Waals surface area (Å²) in [5.41, 5.74) is 7.31. The molecular formula is C25H20Cl2N2O5S. The zero-order chi connectivity index (χ0) is 25.3. The lowest BCUT2D eigenvalue weighted by Crippen LogP contribution is -2.41. The number of hydrogen-bond donors (Lipinski definition) is 1. The second kappa shape index (κ2) is 10.1. The van der Waals surface area contributed by atoms with E-state index in [1.807, 2.05) is 0 Å². The van der Waals surface area contributed by atoms with Gasteiger partial charge in [0.05, 0.1) is 35.3 Å². The van der Waals surface area contributed by atoms with E-state index in [4.69, 9.17) is 38.4 Å². The average molecular weight is 531 g/mol. The third-order valence-electron chi connectivity index (χ3n) is 5.42. The second-order valence-corrected chi connectivity index (χ2v) is 9.42. The maximum Gasteiger partial charge on any atom is 0.338 e. The van der Waals surface area contributed by atoms with Gasteiger partial charge < -0.3 is 15.2 Å². The molecule has 0 bridgehead atoms. The van der Waals surface area contributed by atoms with Crippen molar-refractivity contribution in [1.82, 2.24) is 4.57 Å². The smallest absolute Gasteiger partial charge is 0.338 e. The van der Waals surface area contributed by atoms with Crippen molar-refractivity contribution in [3.05, 3.63) is 94.8 Å². The number of esters is 2. The van der Waals surface area contributed by atoms with E-state index in [-0.39, 0.29) is 28.2 Å². The van der Waals surface area contributed by atoms with E-state index in [0.29, 0.717) is 20.1 Å². The highest BCUT2D eigenvalue weighted by molar-refractivity contribution is 7.07. The first-order valence-electron chi connectivity index (χ1n) is 10.5. The van der Waals surface area contributed by atoms with Crippen molar-refractivity contribution in [2.24, 2.45) is 5.73 Å². The molecule has 0 saturated carbocycles. The Kier molecular flexibility index (Phi) is 7.16. The maximum absolute atomic E-state index is 13.4. The highest BCUT2D eigenvalue weighted by atomic mass is 35.5. The van der Waals surface area contributed by atoms with Crippen LogP contribution in [-0.2, 0) is 19.1 Å². The van der Waals surface area contributed by atoms with Crippen LogP contribution < -0.4 is 20.5 Å². The highest BCUT2D eigenvalue weighted by Gasteiger charge is 2.39. The lowest BCUT2D eigenvalue weighted by Gasteiger charge is -2.26. The number of benzene rings is 2. The van der Waals surface area contributed by atoms with Gasteiger partial charge in [0.15, 0.2) is 0 Å². The van der Waals surface area contributed by atoms with Gasteiger partial charge in [-0.1, -0.05) is 47.5 Å². The van der Waals surface area contributed by atoms with E-state index < -0.39 is 23.4 Å². The number of halogens is 2. The fraction of sp³-hybridized carbons (Fsp3) is 0.160. The first-order chi connectivity index (χ1) is 16.8. The fourth-order valence-electron chi connectivity index (χ4n) is 3.86. The minimum atomic E-state index is -0.930. The Morgan fingerprint density at radius 1 is 1.03 bits per heavy atom. The standard InChI is InChI=1S/C25H20Cl2N2O5S/c1-3-34-25(32)20-18(14-6-10-16(27)11-7-14)19(24(31)33-2)21(28)29-22(30)17(35-23(20)29)12-13-4-8-15(26)9-5-13/h4-12,18H,3,28H2,1-2H3. The van der Waals surface area contributed by atoms with Crippen molar-refractivity contribution < 1.29 is 19.1 Å². The van der Waals surface area contributed by atoms with E-state index in [9.17, 15) is 14.4 Å². The van der Waals surface area contributed by atoms with Crippen LogP contribution in [0.2, 0.25) is 10.0 Å². The summed E-state index contributed by atoms with van der Waals surface area (Å²) in [5.74, 6) is -2.48. The van der Waals surface area contributed by atoms with Crippen LogP contribution in [0, 0.1) is 0 Å². The van der Waals surface area contributed by atoms with Crippen LogP contribution in [-0.4, -0.2) is 30.2 Å². The first-order valence-corrected chi connectivity index (χ1v) is 12.1. The van der Waals surface area contributed by atoms with Gasteiger partial charge in [-0.2, -0.15) is 0 Å². The van der Waals surface area contributed by atoms with Gasteiger partial charge in [-0.25, -0.2) is 9.59 Å². The molecule has 0 aliphatic carbocycles. The van der Waals surface area contributed by atoms with E-state index >= 15 is 0 Å². The molecule has 0 radical (unpaired) electrons. The van der Waals surface area contributed by atoms with Crippen molar-refractivity contribution >= 4 is 63.9 Å². The number of carbonyl (C=O) groups is 2. The molecular weight excluding hydrogens is 511 g/mol. The zero-order valence-corrected chi connectivity index (χ0v) is 21.0. The molecule has 0 fully saturated rings. The predicted molar refractivity (Wildman–Crippen MR) is 137 cm³/mol. The monoisotopic (exact) mass is 530 g/mol. The Bertz CT molecular complexity index is 1520. The third kappa shape index (κ3) is 4.65. The normalized spacial score (nSPS) is 15.7. The molecule has 1 unspecified atom stereocenters. The SMILES string of the molecule is CCOC(=O)C1=c2sc(=Cc3ccc(Cl)cc3)c(=O)n2C(N)=C(C(=O)OC)C1c1ccc(Cl)cc1. The number of fused-ring (bicyclic) bond motifs is 1. The Balaban J connectivity index is 2.11. The topological polar surface area (TPSA) is 101 Å². The third-order valence-corrected chi connectivity index (χ3v) is 7.03. The highest BCUT2D eigenvalue weighted by Crippen LogP contribution is 2.38. The first kappa shape index (κ1) is 24.8. The number of aromatic nitrogens is 1. The number of thiazole rings is 1. The van der Waals surface area contributed by atoms with Crippen LogP contribution >= 0.6 is 34.5 Å². The molecule has 1 atom stereocenters. The van der Waals surface area contributed by atoms with Crippen LogP contribution in [0.25, 0.3) is 17.5 Å². The molecule has 1 aromatic heterocycles. The molecule has 2 N–H and O–H groups in total. The molecule has 180 valence electrons. The van der Waals surface area contributed by atoms with Crippen LogP contribution in [0.15, 0.2) is 58.9 Å². The van der Waals surface area contributed by atoms with Crippen molar-refractivity contribution in [3.63, 3.8) is 0 Å². The molecule has 35 heavy (non-hydrogen) atoms. The quantitative estimate of drug-likeness (QED) is 0.509. The van der Waals surface area contributed by atoms with Gasteiger partial charge in [-0.15, -0.1) is 11.3 Å². The molecule has 0 saturated heterocycles. The van der Waals surface area contributed by atoms with Gasteiger partial charge >= 0.3 is 11.9 Å². The second-order valence-electron chi connectivity index (χ2n) is 7.52.